The van der Waals surface area contributed by atoms with Crippen molar-refractivity contribution in [3.8, 4) is 0 Å². The van der Waals surface area contributed by atoms with Gasteiger partial charge in [-0.1, -0.05) is 0 Å². The molecule has 23 heavy (non-hydrogen) atoms. The Labute approximate surface area is 140 Å². The van der Waals surface area contributed by atoms with Crippen LogP contribution in [0, 0.1) is 0 Å². The van der Waals surface area contributed by atoms with E-state index in [1.165, 1.54) is 0 Å². The average Bonchev–Trinajstić information content (AvgIpc) is 3.04. The van der Waals surface area contributed by atoms with E-state index in [2.05, 4.69) is 5.32 Å². The van der Waals surface area contributed by atoms with E-state index in [1.807, 2.05) is 20.8 Å². The molecule has 1 N–H and O–H groups in total. The third kappa shape index (κ3) is 8.12. The Hall–Kier alpha value is -0.673. The molecule has 0 aliphatic carbocycles. The summed E-state index contributed by atoms with van der Waals surface area (Å²) in [4.78, 5) is 11.6. The van der Waals surface area contributed by atoms with E-state index in [-0.39, 0.29) is 6.10 Å². The highest BCUT2D eigenvalue weighted by atomic mass is 28.4. The first-order valence-electron chi connectivity index (χ1n) is 8.59. The van der Waals surface area contributed by atoms with Crippen molar-refractivity contribution in [2.75, 3.05) is 39.6 Å². The molecule has 0 spiro atoms. The molecule has 0 aromatic heterocycles. The predicted molar refractivity (Wildman–Crippen MR) is 88.4 cm³/mol. The molecule has 0 aromatic rings. The minimum Gasteiger partial charge on any atom is -0.447 e. The molecule has 1 aliphatic heterocycles. The Morgan fingerprint density at radius 2 is 1.83 bits per heavy atom. The van der Waals surface area contributed by atoms with E-state index < -0.39 is 14.9 Å². The number of carbonyl (C=O) groups excluding carboxylic acids is 1. The molecule has 0 bridgehead atoms. The van der Waals surface area contributed by atoms with Gasteiger partial charge in [-0.05, 0) is 40.0 Å². The average molecular weight is 350 g/mol. The van der Waals surface area contributed by atoms with Gasteiger partial charge in [0, 0.05) is 39.0 Å². The third-order valence-electron chi connectivity index (χ3n) is 3.45. The van der Waals surface area contributed by atoms with Crippen LogP contribution in [0.1, 0.15) is 40.0 Å². The summed E-state index contributed by atoms with van der Waals surface area (Å²) in [6.07, 6.45) is 2.36. The van der Waals surface area contributed by atoms with E-state index in [4.69, 9.17) is 22.8 Å². The summed E-state index contributed by atoms with van der Waals surface area (Å²) >= 11 is 0. The molecule has 136 valence electrons. The smallest absolute Gasteiger partial charge is 0.447 e. The lowest BCUT2D eigenvalue weighted by atomic mass is 10.2. The van der Waals surface area contributed by atoms with Crippen molar-refractivity contribution in [1.29, 1.82) is 0 Å². The largest absolute Gasteiger partial charge is 0.500 e. The molecule has 0 saturated carbocycles. The Morgan fingerprint density at radius 3 is 2.35 bits per heavy atom. The van der Waals surface area contributed by atoms with Gasteiger partial charge in [0.15, 0.2) is 0 Å². The third-order valence-corrected chi connectivity index (χ3v) is 6.60. The topological polar surface area (TPSA) is 75.3 Å². The Bertz CT molecular complexity index is 308. The predicted octanol–water partition coefficient (Wildman–Crippen LogP) is 2.33. The first kappa shape index (κ1) is 20.4. The summed E-state index contributed by atoms with van der Waals surface area (Å²) in [5.41, 5.74) is 0. The minimum absolute atomic E-state index is 0.0506. The molecule has 1 heterocycles. The van der Waals surface area contributed by atoms with Gasteiger partial charge in [-0.2, -0.15) is 0 Å². The molecule has 0 aromatic carbocycles. The first-order chi connectivity index (χ1) is 11.2. The lowest BCUT2D eigenvalue weighted by Gasteiger charge is -2.28. The molecule has 1 atom stereocenters. The van der Waals surface area contributed by atoms with Crippen LogP contribution in [-0.4, -0.2) is 60.6 Å². The normalized spacial score (nSPS) is 18.1. The van der Waals surface area contributed by atoms with Gasteiger partial charge in [0.25, 0.3) is 0 Å². The maximum absolute atomic E-state index is 11.6. The summed E-state index contributed by atoms with van der Waals surface area (Å²) < 4.78 is 27.8. The highest BCUT2D eigenvalue weighted by Crippen LogP contribution is 2.17. The van der Waals surface area contributed by atoms with Gasteiger partial charge in [-0.25, -0.2) is 4.79 Å². The van der Waals surface area contributed by atoms with Crippen molar-refractivity contribution in [2.24, 2.45) is 0 Å². The number of ether oxygens (including phenoxy) is 2. The maximum Gasteiger partial charge on any atom is 0.500 e. The molecule has 1 saturated heterocycles. The zero-order valence-electron chi connectivity index (χ0n) is 14.6. The monoisotopic (exact) mass is 349 g/mol. The van der Waals surface area contributed by atoms with Gasteiger partial charge in [-0.3, -0.25) is 0 Å². The molecular weight excluding hydrogens is 318 g/mol. The van der Waals surface area contributed by atoms with Gasteiger partial charge >= 0.3 is 14.9 Å². The quantitative estimate of drug-likeness (QED) is 0.430. The number of carbonyl (C=O) groups is 1. The van der Waals surface area contributed by atoms with Crippen molar-refractivity contribution < 1.29 is 27.5 Å². The summed E-state index contributed by atoms with van der Waals surface area (Å²) in [7, 11) is -2.62. The zero-order chi connectivity index (χ0) is 17.0. The van der Waals surface area contributed by atoms with Crippen molar-refractivity contribution >= 4 is 14.9 Å². The Balaban J connectivity index is 2.22. The van der Waals surface area contributed by atoms with Crippen LogP contribution >= 0.6 is 0 Å². The number of amides is 1. The van der Waals surface area contributed by atoms with Crippen molar-refractivity contribution in [1.82, 2.24) is 5.32 Å². The highest BCUT2D eigenvalue weighted by molar-refractivity contribution is 6.60. The fourth-order valence-corrected chi connectivity index (χ4v) is 5.10. The van der Waals surface area contributed by atoms with Crippen LogP contribution in [0.5, 0.6) is 0 Å². The molecule has 8 heteroatoms. The molecule has 1 amide bonds. The van der Waals surface area contributed by atoms with Crippen LogP contribution in [0.15, 0.2) is 0 Å². The minimum atomic E-state index is -2.62. The van der Waals surface area contributed by atoms with Crippen molar-refractivity contribution in [2.45, 2.75) is 52.2 Å². The number of hydrogen-bond donors (Lipinski definition) is 1. The van der Waals surface area contributed by atoms with Crippen molar-refractivity contribution in [3.63, 3.8) is 0 Å². The molecule has 1 aliphatic rings. The van der Waals surface area contributed by atoms with Crippen molar-refractivity contribution in [3.05, 3.63) is 0 Å². The fourth-order valence-electron chi connectivity index (χ4n) is 2.49. The maximum atomic E-state index is 11.6. The van der Waals surface area contributed by atoms with Crippen LogP contribution < -0.4 is 5.32 Å². The van der Waals surface area contributed by atoms with E-state index in [9.17, 15) is 4.79 Å². The number of rotatable bonds is 12. The second-order valence-corrected chi connectivity index (χ2v) is 7.98. The highest BCUT2D eigenvalue weighted by Gasteiger charge is 2.39. The zero-order valence-corrected chi connectivity index (χ0v) is 15.6. The van der Waals surface area contributed by atoms with Crippen LogP contribution in [0.3, 0.4) is 0 Å². The molecule has 7 nitrogen and oxygen atoms in total. The lowest BCUT2D eigenvalue weighted by molar-refractivity contribution is 0.0437. The molecular formula is C15H31NO6Si. The SMILES string of the molecule is CCO[Si](CCCNC(=O)OCC1CCCO1)(OCC)OCC. The summed E-state index contributed by atoms with van der Waals surface area (Å²) in [5, 5.41) is 2.74. The standard InChI is InChI=1S/C15H31NO6Si/c1-4-20-23(21-5-2,22-6-3)12-8-10-16-15(17)19-13-14-9-7-11-18-14/h14H,4-13H2,1-3H3,(H,16,17). The first-order valence-corrected chi connectivity index (χ1v) is 10.5. The fraction of sp³-hybridized carbons (Fsp3) is 0.933. The second-order valence-electron chi connectivity index (χ2n) is 5.25. The van der Waals surface area contributed by atoms with Crippen LogP contribution in [0.4, 0.5) is 4.79 Å². The number of hydrogen-bond acceptors (Lipinski definition) is 6. The molecule has 1 rings (SSSR count). The molecule has 0 radical (unpaired) electrons. The van der Waals surface area contributed by atoms with E-state index in [1.54, 1.807) is 0 Å². The Morgan fingerprint density at radius 1 is 1.17 bits per heavy atom. The second kappa shape index (κ2) is 11.8. The van der Waals surface area contributed by atoms with Crippen LogP contribution in [-0.2, 0) is 22.8 Å². The van der Waals surface area contributed by atoms with Gasteiger partial charge in [0.1, 0.15) is 6.61 Å². The van der Waals surface area contributed by atoms with Crippen LogP contribution in [0.25, 0.3) is 0 Å². The lowest BCUT2D eigenvalue weighted by Crippen LogP contribution is -2.46. The molecule has 1 unspecified atom stereocenters. The summed E-state index contributed by atoms with van der Waals surface area (Å²) in [5.74, 6) is 0. The Kier molecular flexibility index (Phi) is 10.5. The molecule has 1 fully saturated rings. The number of nitrogens with one attached hydrogen (secondary N) is 1. The van der Waals surface area contributed by atoms with E-state index >= 15 is 0 Å². The summed E-state index contributed by atoms with van der Waals surface area (Å²) in [6, 6.07) is 0.675. The van der Waals surface area contributed by atoms with Gasteiger partial charge in [0.05, 0.1) is 6.10 Å². The van der Waals surface area contributed by atoms with Crippen LogP contribution in [0.2, 0.25) is 6.04 Å². The van der Waals surface area contributed by atoms with E-state index in [0.29, 0.717) is 39.0 Å². The van der Waals surface area contributed by atoms with Gasteiger partial charge in [0.2, 0.25) is 0 Å². The summed E-state index contributed by atoms with van der Waals surface area (Å²) in [6.45, 7) is 9.05. The van der Waals surface area contributed by atoms with E-state index in [0.717, 1.165) is 25.9 Å². The van der Waals surface area contributed by atoms with Gasteiger partial charge < -0.3 is 28.1 Å². The number of alkyl carbamates (subject to hydrolysis) is 1. The van der Waals surface area contributed by atoms with Gasteiger partial charge in [-0.15, -0.1) is 0 Å².